The monoisotopic (exact) mass is 400 g/mol. The lowest BCUT2D eigenvalue weighted by atomic mass is 10.0. The van der Waals surface area contributed by atoms with E-state index < -0.39 is 0 Å². The molecule has 0 N–H and O–H groups in total. The highest BCUT2D eigenvalue weighted by atomic mass is 16.5. The highest BCUT2D eigenvalue weighted by Gasteiger charge is 2.20. The molecule has 5 nitrogen and oxygen atoms in total. The van der Waals surface area contributed by atoms with E-state index in [2.05, 4.69) is 31.1 Å². The SMILES string of the molecule is Cc1ccc(C(=O)N(Cc2cc(-c3ccc(C)c(C)c3)on2)Cc2ccco2)cc1. The highest BCUT2D eigenvalue weighted by Crippen LogP contribution is 2.24. The Morgan fingerprint density at radius 1 is 0.933 bits per heavy atom. The first-order chi connectivity index (χ1) is 14.5. The van der Waals surface area contributed by atoms with Crippen LogP contribution in [0.4, 0.5) is 0 Å². The van der Waals surface area contributed by atoms with E-state index in [0.29, 0.717) is 35.9 Å². The van der Waals surface area contributed by atoms with Crippen molar-refractivity contribution in [3.8, 4) is 11.3 Å². The van der Waals surface area contributed by atoms with E-state index in [1.165, 1.54) is 11.1 Å². The molecule has 0 bridgehead atoms. The Morgan fingerprint density at radius 2 is 1.73 bits per heavy atom. The van der Waals surface area contributed by atoms with Crippen LogP contribution in [0.1, 0.15) is 38.5 Å². The third kappa shape index (κ3) is 4.35. The zero-order chi connectivity index (χ0) is 21.1. The minimum absolute atomic E-state index is 0.0814. The van der Waals surface area contributed by atoms with Crippen molar-refractivity contribution < 1.29 is 13.7 Å². The fourth-order valence-corrected chi connectivity index (χ4v) is 3.28. The van der Waals surface area contributed by atoms with Crippen molar-refractivity contribution in [3.63, 3.8) is 0 Å². The van der Waals surface area contributed by atoms with Gasteiger partial charge in [0, 0.05) is 17.2 Å². The van der Waals surface area contributed by atoms with E-state index in [9.17, 15) is 4.79 Å². The second-order valence-electron chi connectivity index (χ2n) is 7.59. The van der Waals surface area contributed by atoms with Crippen LogP contribution in [0.25, 0.3) is 11.3 Å². The molecule has 4 aromatic rings. The summed E-state index contributed by atoms with van der Waals surface area (Å²) in [6.07, 6.45) is 1.61. The van der Waals surface area contributed by atoms with Gasteiger partial charge in [0.05, 0.1) is 19.4 Å². The van der Waals surface area contributed by atoms with E-state index in [-0.39, 0.29) is 5.91 Å². The van der Waals surface area contributed by atoms with E-state index >= 15 is 0 Å². The van der Waals surface area contributed by atoms with E-state index in [1.807, 2.05) is 55.5 Å². The summed E-state index contributed by atoms with van der Waals surface area (Å²) < 4.78 is 11.0. The normalized spacial score (nSPS) is 10.9. The Bertz CT molecular complexity index is 1140. The van der Waals surface area contributed by atoms with Crippen LogP contribution >= 0.6 is 0 Å². The molecule has 2 aromatic carbocycles. The number of amides is 1. The predicted octanol–water partition coefficient (Wildman–Crippen LogP) is 5.70. The topological polar surface area (TPSA) is 59.5 Å². The van der Waals surface area contributed by atoms with Gasteiger partial charge in [-0.1, -0.05) is 35.0 Å². The molecular formula is C25H24N2O3. The van der Waals surface area contributed by atoms with Crippen LogP contribution in [0.5, 0.6) is 0 Å². The molecule has 0 saturated heterocycles. The molecule has 0 fully saturated rings. The number of furan rings is 1. The molecule has 5 heteroatoms. The lowest BCUT2D eigenvalue weighted by Gasteiger charge is -2.20. The van der Waals surface area contributed by atoms with Crippen molar-refractivity contribution in [1.82, 2.24) is 10.1 Å². The second-order valence-corrected chi connectivity index (χ2v) is 7.59. The fraction of sp³-hybridized carbons (Fsp3) is 0.200. The van der Waals surface area contributed by atoms with Gasteiger partial charge in [-0.05, 0) is 62.2 Å². The Morgan fingerprint density at radius 3 is 2.43 bits per heavy atom. The second kappa shape index (κ2) is 8.41. The van der Waals surface area contributed by atoms with Gasteiger partial charge >= 0.3 is 0 Å². The molecule has 152 valence electrons. The highest BCUT2D eigenvalue weighted by molar-refractivity contribution is 5.94. The smallest absolute Gasteiger partial charge is 0.254 e. The number of nitrogens with zero attached hydrogens (tertiary/aromatic N) is 2. The Labute approximate surface area is 175 Å². The van der Waals surface area contributed by atoms with Crippen molar-refractivity contribution in [3.05, 3.63) is 101 Å². The standard InChI is InChI=1S/C25H24N2O3/c1-17-6-9-20(10-7-17)25(28)27(16-23-5-4-12-29-23)15-22-14-24(30-26-22)21-11-8-18(2)19(3)13-21/h4-14H,15-16H2,1-3H3. The van der Waals surface area contributed by atoms with E-state index in [0.717, 1.165) is 11.1 Å². The van der Waals surface area contributed by atoms with Crippen molar-refractivity contribution in [1.29, 1.82) is 0 Å². The van der Waals surface area contributed by atoms with Crippen molar-refractivity contribution in [2.75, 3.05) is 0 Å². The van der Waals surface area contributed by atoms with Crippen molar-refractivity contribution in [2.24, 2.45) is 0 Å². The zero-order valence-electron chi connectivity index (χ0n) is 17.4. The van der Waals surface area contributed by atoms with Crippen LogP contribution in [0.15, 0.2) is 75.9 Å². The number of hydrogen-bond donors (Lipinski definition) is 0. The third-order valence-electron chi connectivity index (χ3n) is 5.22. The van der Waals surface area contributed by atoms with Crippen molar-refractivity contribution >= 4 is 5.91 Å². The van der Waals surface area contributed by atoms with Gasteiger partial charge in [0.2, 0.25) is 0 Å². The molecule has 0 atom stereocenters. The first kappa shape index (κ1) is 19.7. The minimum Gasteiger partial charge on any atom is -0.467 e. The predicted molar refractivity (Wildman–Crippen MR) is 115 cm³/mol. The molecule has 0 unspecified atom stereocenters. The lowest BCUT2D eigenvalue weighted by Crippen LogP contribution is -2.30. The van der Waals surface area contributed by atoms with Crippen LogP contribution in [0.2, 0.25) is 0 Å². The number of carbonyl (C=O) groups excluding carboxylic acids is 1. The molecule has 0 spiro atoms. The number of hydrogen-bond acceptors (Lipinski definition) is 4. The average Bonchev–Trinajstić information content (AvgIpc) is 3.42. The van der Waals surface area contributed by atoms with Crippen LogP contribution < -0.4 is 0 Å². The first-order valence-electron chi connectivity index (χ1n) is 9.91. The first-order valence-corrected chi connectivity index (χ1v) is 9.91. The molecule has 2 heterocycles. The number of aromatic nitrogens is 1. The molecule has 0 radical (unpaired) electrons. The van der Waals surface area contributed by atoms with Gasteiger partial charge in [-0.25, -0.2) is 0 Å². The quantitative estimate of drug-likeness (QED) is 0.416. The molecule has 0 aliphatic rings. The average molecular weight is 400 g/mol. The summed E-state index contributed by atoms with van der Waals surface area (Å²) in [7, 11) is 0. The maximum Gasteiger partial charge on any atom is 0.254 e. The fourth-order valence-electron chi connectivity index (χ4n) is 3.28. The van der Waals surface area contributed by atoms with Gasteiger partial charge in [0.25, 0.3) is 5.91 Å². The Balaban J connectivity index is 1.58. The van der Waals surface area contributed by atoms with Crippen molar-refractivity contribution in [2.45, 2.75) is 33.9 Å². The van der Waals surface area contributed by atoms with Crippen LogP contribution in [0, 0.1) is 20.8 Å². The molecule has 30 heavy (non-hydrogen) atoms. The maximum atomic E-state index is 13.2. The van der Waals surface area contributed by atoms with Crippen LogP contribution in [-0.2, 0) is 13.1 Å². The number of aryl methyl sites for hydroxylation is 3. The molecule has 0 aliphatic carbocycles. The summed E-state index contributed by atoms with van der Waals surface area (Å²) in [6.45, 7) is 6.82. The molecule has 0 aliphatic heterocycles. The summed E-state index contributed by atoms with van der Waals surface area (Å²) in [5.41, 5.74) is 5.82. The molecule has 4 rings (SSSR count). The number of benzene rings is 2. The molecular weight excluding hydrogens is 376 g/mol. The number of rotatable bonds is 6. The summed E-state index contributed by atoms with van der Waals surface area (Å²) in [4.78, 5) is 14.9. The van der Waals surface area contributed by atoms with Gasteiger partial charge in [-0.3, -0.25) is 4.79 Å². The summed E-state index contributed by atoms with van der Waals surface area (Å²) in [5.74, 6) is 1.32. The minimum atomic E-state index is -0.0814. The Hall–Kier alpha value is -3.60. The number of carbonyl (C=O) groups is 1. The van der Waals surface area contributed by atoms with Gasteiger partial charge in [0.15, 0.2) is 5.76 Å². The van der Waals surface area contributed by atoms with E-state index in [1.54, 1.807) is 11.2 Å². The summed E-state index contributed by atoms with van der Waals surface area (Å²) in [5, 5.41) is 4.20. The van der Waals surface area contributed by atoms with Gasteiger partial charge in [0.1, 0.15) is 11.5 Å². The molecule has 0 saturated carbocycles. The lowest BCUT2D eigenvalue weighted by molar-refractivity contribution is 0.0713. The molecule has 1 amide bonds. The largest absolute Gasteiger partial charge is 0.467 e. The van der Waals surface area contributed by atoms with Crippen LogP contribution in [0.3, 0.4) is 0 Å². The van der Waals surface area contributed by atoms with Crippen LogP contribution in [-0.4, -0.2) is 16.0 Å². The summed E-state index contributed by atoms with van der Waals surface area (Å²) in [6, 6.07) is 19.3. The van der Waals surface area contributed by atoms with E-state index in [4.69, 9.17) is 8.94 Å². The molecule has 2 aromatic heterocycles. The van der Waals surface area contributed by atoms with Gasteiger partial charge < -0.3 is 13.8 Å². The third-order valence-corrected chi connectivity index (χ3v) is 5.22. The van der Waals surface area contributed by atoms with Gasteiger partial charge in [-0.2, -0.15) is 0 Å². The Kier molecular flexibility index (Phi) is 5.53. The summed E-state index contributed by atoms with van der Waals surface area (Å²) >= 11 is 0. The zero-order valence-corrected chi connectivity index (χ0v) is 17.4. The van der Waals surface area contributed by atoms with Gasteiger partial charge in [-0.15, -0.1) is 0 Å². The maximum absolute atomic E-state index is 13.2.